The number of nitrogens with zero attached hydrogens (tertiary/aromatic N) is 4. The Morgan fingerprint density at radius 1 is 1.43 bits per heavy atom. The van der Waals surface area contributed by atoms with E-state index in [1.165, 1.54) is 15.5 Å². The summed E-state index contributed by atoms with van der Waals surface area (Å²) in [5, 5.41) is 10.0. The van der Waals surface area contributed by atoms with E-state index in [2.05, 4.69) is 4.98 Å². The van der Waals surface area contributed by atoms with Crippen LogP contribution in [0.2, 0.25) is 0 Å². The first-order valence-electron chi connectivity index (χ1n) is 7.13. The predicted octanol–water partition coefficient (Wildman–Crippen LogP) is -0.0152. The van der Waals surface area contributed by atoms with Crippen molar-refractivity contribution >= 4 is 11.2 Å². The minimum Gasteiger partial charge on any atom is -0.390 e. The second kappa shape index (κ2) is 4.56. The van der Waals surface area contributed by atoms with E-state index in [-0.39, 0.29) is 17.2 Å². The van der Waals surface area contributed by atoms with Crippen LogP contribution in [0.15, 0.2) is 15.9 Å². The quantitative estimate of drug-likeness (QED) is 0.843. The summed E-state index contributed by atoms with van der Waals surface area (Å²) < 4.78 is 4.32. The van der Waals surface area contributed by atoms with E-state index in [0.717, 1.165) is 6.42 Å². The summed E-state index contributed by atoms with van der Waals surface area (Å²) in [5.74, 6) is 0.149. The van der Waals surface area contributed by atoms with Crippen molar-refractivity contribution in [2.45, 2.75) is 38.3 Å². The van der Waals surface area contributed by atoms with Gasteiger partial charge in [0.15, 0.2) is 11.2 Å². The van der Waals surface area contributed by atoms with Gasteiger partial charge >= 0.3 is 5.69 Å². The number of hydrogen-bond acceptors (Lipinski definition) is 4. The van der Waals surface area contributed by atoms with Gasteiger partial charge in [-0.2, -0.15) is 0 Å². The summed E-state index contributed by atoms with van der Waals surface area (Å²) in [6, 6.07) is 0. The monoisotopic (exact) mass is 292 g/mol. The number of fused-ring (bicyclic) bond motifs is 1. The molecule has 1 N–H and O–H groups in total. The highest BCUT2D eigenvalue weighted by molar-refractivity contribution is 5.69. The zero-order valence-corrected chi connectivity index (χ0v) is 12.5. The molecule has 0 amide bonds. The molecule has 2 atom stereocenters. The maximum absolute atomic E-state index is 12.6. The van der Waals surface area contributed by atoms with Crippen LogP contribution in [0.5, 0.6) is 0 Å². The largest absolute Gasteiger partial charge is 0.390 e. The molecule has 2 aromatic rings. The molecule has 7 nitrogen and oxygen atoms in total. The Balaban J connectivity index is 2.09. The van der Waals surface area contributed by atoms with E-state index < -0.39 is 5.60 Å². The summed E-state index contributed by atoms with van der Waals surface area (Å²) >= 11 is 0. The molecule has 7 heteroatoms. The van der Waals surface area contributed by atoms with Crippen LogP contribution in [0.25, 0.3) is 11.2 Å². The summed E-state index contributed by atoms with van der Waals surface area (Å²) in [4.78, 5) is 29.0. The second-order valence-corrected chi connectivity index (χ2v) is 6.39. The highest BCUT2D eigenvalue weighted by Crippen LogP contribution is 2.34. The Morgan fingerprint density at radius 2 is 2.14 bits per heavy atom. The van der Waals surface area contributed by atoms with Crippen molar-refractivity contribution < 1.29 is 5.11 Å². The molecule has 2 aromatic heterocycles. The fourth-order valence-electron chi connectivity index (χ4n) is 3.31. The molecule has 0 spiro atoms. The van der Waals surface area contributed by atoms with Gasteiger partial charge in [0.2, 0.25) is 0 Å². The van der Waals surface area contributed by atoms with Gasteiger partial charge in [-0.1, -0.05) is 0 Å². The molecule has 0 bridgehead atoms. The third-order valence-corrected chi connectivity index (χ3v) is 4.46. The molecule has 0 saturated heterocycles. The summed E-state index contributed by atoms with van der Waals surface area (Å²) in [5.41, 5.74) is -0.503. The van der Waals surface area contributed by atoms with Gasteiger partial charge < -0.3 is 9.67 Å². The number of aliphatic hydroxyl groups is 1. The fraction of sp³-hybridized carbons (Fsp3) is 0.643. The van der Waals surface area contributed by atoms with Gasteiger partial charge in [0.05, 0.1) is 11.9 Å². The van der Waals surface area contributed by atoms with Crippen LogP contribution in [0.3, 0.4) is 0 Å². The Kier molecular flexibility index (Phi) is 3.05. The molecule has 1 saturated carbocycles. The average Bonchev–Trinajstić information content (AvgIpc) is 2.95. The highest BCUT2D eigenvalue weighted by Gasteiger charge is 2.33. The maximum atomic E-state index is 12.6. The van der Waals surface area contributed by atoms with Crippen molar-refractivity contribution in [3.8, 4) is 0 Å². The van der Waals surface area contributed by atoms with E-state index >= 15 is 0 Å². The Labute approximate surface area is 121 Å². The molecule has 2 unspecified atom stereocenters. The van der Waals surface area contributed by atoms with Crippen LogP contribution in [0, 0.1) is 5.92 Å². The number of aromatic nitrogens is 4. The molecule has 0 aliphatic heterocycles. The van der Waals surface area contributed by atoms with Crippen molar-refractivity contribution in [1.29, 1.82) is 0 Å². The van der Waals surface area contributed by atoms with Crippen molar-refractivity contribution in [3.63, 3.8) is 0 Å². The maximum Gasteiger partial charge on any atom is 0.332 e. The molecule has 0 aromatic carbocycles. The van der Waals surface area contributed by atoms with Crippen LogP contribution in [0.4, 0.5) is 0 Å². The molecule has 2 heterocycles. The number of imidazole rings is 1. The Morgan fingerprint density at radius 3 is 2.76 bits per heavy atom. The standard InChI is InChI=1S/C14H20N4O3/c1-14(21)5-4-9(6-14)7-18-12(19)10-11(15-8-16(10)2)17(3)13(18)20/h8-9,21H,4-7H2,1-3H3. The average molecular weight is 292 g/mol. The lowest BCUT2D eigenvalue weighted by atomic mass is 10.0. The van der Waals surface area contributed by atoms with Gasteiger partial charge in [-0.25, -0.2) is 9.78 Å². The van der Waals surface area contributed by atoms with E-state index in [4.69, 9.17) is 0 Å². The van der Waals surface area contributed by atoms with Crippen molar-refractivity contribution in [3.05, 3.63) is 27.2 Å². The normalized spacial score (nSPS) is 25.8. The minimum atomic E-state index is -0.684. The van der Waals surface area contributed by atoms with Crippen LogP contribution in [-0.2, 0) is 20.6 Å². The lowest BCUT2D eigenvalue weighted by Crippen LogP contribution is -2.41. The second-order valence-electron chi connectivity index (χ2n) is 6.39. The van der Waals surface area contributed by atoms with Gasteiger partial charge in [-0.15, -0.1) is 0 Å². The molecular weight excluding hydrogens is 272 g/mol. The third-order valence-electron chi connectivity index (χ3n) is 4.46. The van der Waals surface area contributed by atoms with Crippen LogP contribution in [0.1, 0.15) is 26.2 Å². The minimum absolute atomic E-state index is 0.149. The number of hydrogen-bond donors (Lipinski definition) is 1. The first-order chi connectivity index (χ1) is 9.80. The van der Waals surface area contributed by atoms with Gasteiger partial charge in [-0.05, 0) is 32.1 Å². The lowest BCUT2D eigenvalue weighted by molar-refractivity contribution is 0.0625. The summed E-state index contributed by atoms with van der Waals surface area (Å²) in [6.45, 7) is 2.15. The Hall–Kier alpha value is -1.89. The molecule has 1 aliphatic rings. The van der Waals surface area contributed by atoms with E-state index in [1.54, 1.807) is 25.6 Å². The van der Waals surface area contributed by atoms with Gasteiger partial charge in [0.25, 0.3) is 5.56 Å². The molecule has 0 radical (unpaired) electrons. The lowest BCUT2D eigenvalue weighted by Gasteiger charge is -2.17. The van der Waals surface area contributed by atoms with Crippen LogP contribution >= 0.6 is 0 Å². The van der Waals surface area contributed by atoms with Crippen molar-refractivity contribution in [2.24, 2.45) is 20.0 Å². The smallest absolute Gasteiger partial charge is 0.332 e. The molecule has 21 heavy (non-hydrogen) atoms. The van der Waals surface area contributed by atoms with Crippen LogP contribution in [-0.4, -0.2) is 29.4 Å². The van der Waals surface area contributed by atoms with Crippen molar-refractivity contribution in [2.75, 3.05) is 0 Å². The molecular formula is C14H20N4O3. The predicted molar refractivity (Wildman–Crippen MR) is 78.2 cm³/mol. The first-order valence-corrected chi connectivity index (χ1v) is 7.13. The van der Waals surface area contributed by atoms with Gasteiger partial charge in [0.1, 0.15) is 0 Å². The van der Waals surface area contributed by atoms with E-state index in [1.807, 2.05) is 0 Å². The number of aryl methyl sites for hydroxylation is 2. The molecule has 1 fully saturated rings. The van der Waals surface area contributed by atoms with Gasteiger partial charge in [-0.3, -0.25) is 13.9 Å². The number of rotatable bonds is 2. The zero-order valence-electron chi connectivity index (χ0n) is 12.5. The first kappa shape index (κ1) is 14.1. The van der Waals surface area contributed by atoms with Crippen molar-refractivity contribution in [1.82, 2.24) is 18.7 Å². The van der Waals surface area contributed by atoms with Crippen LogP contribution < -0.4 is 11.2 Å². The zero-order chi connectivity index (χ0) is 15.4. The molecule has 3 rings (SSSR count). The van der Waals surface area contributed by atoms with E-state index in [0.29, 0.717) is 30.6 Å². The SMILES string of the molecule is Cn1cnc2c1c(=O)n(CC1CCC(C)(O)C1)c(=O)n2C. The van der Waals surface area contributed by atoms with Gasteiger partial charge in [0, 0.05) is 20.6 Å². The Bertz CT molecular complexity index is 812. The third kappa shape index (κ3) is 2.21. The van der Waals surface area contributed by atoms with E-state index in [9.17, 15) is 14.7 Å². The summed E-state index contributed by atoms with van der Waals surface area (Å²) in [7, 11) is 3.37. The molecule has 114 valence electrons. The fourth-order valence-corrected chi connectivity index (χ4v) is 3.31. The highest BCUT2D eigenvalue weighted by atomic mass is 16.3. The topological polar surface area (TPSA) is 82.1 Å². The molecule has 1 aliphatic carbocycles. The summed E-state index contributed by atoms with van der Waals surface area (Å²) in [6.07, 6.45) is 3.69.